The van der Waals surface area contributed by atoms with Crippen LogP contribution in [-0.4, -0.2) is 25.5 Å². The Labute approximate surface area is 114 Å². The van der Waals surface area contributed by atoms with E-state index < -0.39 is 0 Å². The van der Waals surface area contributed by atoms with E-state index in [1.165, 1.54) is 11.1 Å². The number of nitrogens with one attached hydrogen (secondary N) is 2. The van der Waals surface area contributed by atoms with Crippen molar-refractivity contribution >= 4 is 5.91 Å². The zero-order valence-corrected chi connectivity index (χ0v) is 11.5. The minimum Gasteiger partial charge on any atom is -0.355 e. The maximum atomic E-state index is 11.8. The van der Waals surface area contributed by atoms with Crippen LogP contribution in [0, 0.1) is 12.3 Å². The van der Waals surface area contributed by atoms with Gasteiger partial charge in [-0.2, -0.15) is 0 Å². The highest BCUT2D eigenvalue weighted by Gasteiger charge is 2.44. The average Bonchev–Trinajstić information content (AvgIpc) is 2.39. The van der Waals surface area contributed by atoms with Crippen LogP contribution in [0.4, 0.5) is 0 Å². The molecule has 3 rings (SSSR count). The van der Waals surface area contributed by atoms with E-state index in [4.69, 9.17) is 0 Å². The fourth-order valence-electron chi connectivity index (χ4n) is 3.75. The van der Waals surface area contributed by atoms with Gasteiger partial charge in [0.25, 0.3) is 0 Å². The van der Waals surface area contributed by atoms with E-state index in [1.54, 1.807) is 0 Å². The average molecular weight is 258 g/mol. The first-order valence-corrected chi connectivity index (χ1v) is 7.24. The van der Waals surface area contributed by atoms with Crippen LogP contribution < -0.4 is 10.6 Å². The van der Waals surface area contributed by atoms with Gasteiger partial charge in [0, 0.05) is 18.9 Å². The Kier molecular flexibility index (Phi) is 3.31. The van der Waals surface area contributed by atoms with Gasteiger partial charge in [0.15, 0.2) is 0 Å². The summed E-state index contributed by atoms with van der Waals surface area (Å²) < 4.78 is 0. The summed E-state index contributed by atoms with van der Waals surface area (Å²) in [5.74, 6) is 0.693. The van der Waals surface area contributed by atoms with Crippen molar-refractivity contribution in [3.63, 3.8) is 0 Å². The van der Waals surface area contributed by atoms with Crippen LogP contribution >= 0.6 is 0 Å². The zero-order valence-electron chi connectivity index (χ0n) is 11.5. The molecular formula is C16H22N2O. The number of benzene rings is 1. The molecule has 102 valence electrons. The summed E-state index contributed by atoms with van der Waals surface area (Å²) in [5.41, 5.74) is 2.86. The van der Waals surface area contributed by atoms with Crippen molar-refractivity contribution in [2.24, 2.45) is 5.41 Å². The summed E-state index contributed by atoms with van der Waals surface area (Å²) in [5, 5.41) is 6.49. The molecule has 1 aromatic rings. The highest BCUT2D eigenvalue weighted by Crippen LogP contribution is 2.47. The molecule has 1 unspecified atom stereocenters. The second-order valence-corrected chi connectivity index (χ2v) is 6.06. The van der Waals surface area contributed by atoms with Crippen LogP contribution in [0.15, 0.2) is 24.3 Å². The van der Waals surface area contributed by atoms with Gasteiger partial charge in [0.05, 0.1) is 0 Å². The topological polar surface area (TPSA) is 41.1 Å². The fraction of sp³-hybridized carbons (Fsp3) is 0.562. The summed E-state index contributed by atoms with van der Waals surface area (Å²) in [4.78, 5) is 11.8. The van der Waals surface area contributed by atoms with Crippen LogP contribution in [-0.2, 0) is 4.79 Å². The lowest BCUT2D eigenvalue weighted by Crippen LogP contribution is -2.51. The lowest BCUT2D eigenvalue weighted by molar-refractivity contribution is -0.127. The van der Waals surface area contributed by atoms with E-state index in [9.17, 15) is 4.79 Å². The molecule has 2 aliphatic rings. The van der Waals surface area contributed by atoms with Crippen molar-refractivity contribution in [2.45, 2.75) is 32.1 Å². The third-order valence-corrected chi connectivity index (χ3v) is 4.80. The fourth-order valence-corrected chi connectivity index (χ4v) is 3.75. The van der Waals surface area contributed by atoms with Crippen LogP contribution in [0.2, 0.25) is 0 Å². The monoisotopic (exact) mass is 258 g/mol. The van der Waals surface area contributed by atoms with Crippen molar-refractivity contribution < 1.29 is 4.79 Å². The first kappa shape index (κ1) is 12.7. The summed E-state index contributed by atoms with van der Waals surface area (Å²) in [6, 6.07) is 8.78. The largest absolute Gasteiger partial charge is 0.355 e. The second kappa shape index (κ2) is 4.97. The standard InChI is InChI=1S/C16H22N2O/c1-12-3-2-4-13(9-12)14-11-18-15(19)10-16(14)5-7-17-8-6-16/h2-4,9,14,17H,5-8,10-11H2,1H3,(H,18,19). The van der Waals surface area contributed by atoms with E-state index in [0.29, 0.717) is 12.3 Å². The van der Waals surface area contributed by atoms with Gasteiger partial charge in [-0.05, 0) is 43.8 Å². The molecule has 2 saturated heterocycles. The maximum absolute atomic E-state index is 11.8. The lowest BCUT2D eigenvalue weighted by atomic mass is 9.63. The quantitative estimate of drug-likeness (QED) is 0.808. The van der Waals surface area contributed by atoms with E-state index >= 15 is 0 Å². The predicted octanol–water partition coefficient (Wildman–Crippen LogP) is 1.97. The van der Waals surface area contributed by atoms with Gasteiger partial charge in [0.2, 0.25) is 5.91 Å². The number of carbonyl (C=O) groups is 1. The van der Waals surface area contributed by atoms with Gasteiger partial charge >= 0.3 is 0 Å². The zero-order chi connectivity index (χ0) is 13.3. The van der Waals surface area contributed by atoms with Gasteiger partial charge < -0.3 is 10.6 Å². The van der Waals surface area contributed by atoms with Crippen LogP contribution in [0.25, 0.3) is 0 Å². The van der Waals surface area contributed by atoms with Gasteiger partial charge in [-0.25, -0.2) is 0 Å². The molecule has 3 nitrogen and oxygen atoms in total. The van der Waals surface area contributed by atoms with Gasteiger partial charge in [0.1, 0.15) is 0 Å². The maximum Gasteiger partial charge on any atom is 0.220 e. The molecule has 1 atom stereocenters. The Morgan fingerprint density at radius 3 is 2.79 bits per heavy atom. The van der Waals surface area contributed by atoms with Crippen molar-refractivity contribution in [3.8, 4) is 0 Å². The number of hydrogen-bond acceptors (Lipinski definition) is 2. The molecule has 0 bridgehead atoms. The van der Waals surface area contributed by atoms with Gasteiger partial charge in [-0.3, -0.25) is 4.79 Å². The van der Waals surface area contributed by atoms with Gasteiger partial charge in [-0.15, -0.1) is 0 Å². The Morgan fingerprint density at radius 1 is 1.26 bits per heavy atom. The highest BCUT2D eigenvalue weighted by atomic mass is 16.1. The van der Waals surface area contributed by atoms with E-state index in [-0.39, 0.29) is 11.3 Å². The van der Waals surface area contributed by atoms with E-state index in [1.807, 2.05) is 0 Å². The third-order valence-electron chi connectivity index (χ3n) is 4.80. The molecule has 2 heterocycles. The molecule has 2 aliphatic heterocycles. The molecule has 0 saturated carbocycles. The predicted molar refractivity (Wildman–Crippen MR) is 76.1 cm³/mol. The molecule has 0 aliphatic carbocycles. The number of amides is 1. The minimum absolute atomic E-state index is 0.168. The summed E-state index contributed by atoms with van der Waals surface area (Å²) in [6.45, 7) is 5.01. The number of hydrogen-bond donors (Lipinski definition) is 2. The Balaban J connectivity index is 1.95. The van der Waals surface area contributed by atoms with Crippen molar-refractivity contribution in [1.82, 2.24) is 10.6 Å². The van der Waals surface area contributed by atoms with Crippen molar-refractivity contribution in [3.05, 3.63) is 35.4 Å². The molecule has 19 heavy (non-hydrogen) atoms. The van der Waals surface area contributed by atoms with Crippen molar-refractivity contribution in [2.75, 3.05) is 19.6 Å². The summed E-state index contributed by atoms with van der Waals surface area (Å²) in [7, 11) is 0. The molecule has 1 aromatic carbocycles. The normalized spacial score (nSPS) is 26.2. The highest BCUT2D eigenvalue weighted by molar-refractivity contribution is 5.78. The lowest BCUT2D eigenvalue weighted by Gasteiger charge is -2.47. The second-order valence-electron chi connectivity index (χ2n) is 6.06. The summed E-state index contributed by atoms with van der Waals surface area (Å²) >= 11 is 0. The van der Waals surface area contributed by atoms with E-state index in [2.05, 4.69) is 41.8 Å². The molecule has 0 aromatic heterocycles. The summed E-state index contributed by atoms with van der Waals surface area (Å²) in [6.07, 6.45) is 2.91. The van der Waals surface area contributed by atoms with Gasteiger partial charge in [-0.1, -0.05) is 29.8 Å². The molecule has 3 heteroatoms. The Hall–Kier alpha value is -1.35. The first-order chi connectivity index (χ1) is 9.20. The smallest absolute Gasteiger partial charge is 0.220 e. The molecule has 2 N–H and O–H groups in total. The van der Waals surface area contributed by atoms with Crippen LogP contribution in [0.5, 0.6) is 0 Å². The number of rotatable bonds is 1. The van der Waals surface area contributed by atoms with Crippen LogP contribution in [0.1, 0.15) is 36.3 Å². The SMILES string of the molecule is Cc1cccc(C2CNC(=O)CC23CCNCC3)c1. The Morgan fingerprint density at radius 2 is 2.05 bits per heavy atom. The molecule has 2 fully saturated rings. The molecular weight excluding hydrogens is 236 g/mol. The number of carbonyl (C=O) groups excluding carboxylic acids is 1. The molecule has 0 radical (unpaired) electrons. The molecule has 1 amide bonds. The minimum atomic E-state index is 0.168. The molecule has 1 spiro atoms. The third kappa shape index (κ3) is 2.39. The Bertz CT molecular complexity index is 477. The first-order valence-electron chi connectivity index (χ1n) is 7.24. The number of piperidine rings is 2. The van der Waals surface area contributed by atoms with Crippen molar-refractivity contribution in [1.29, 1.82) is 0 Å². The van der Waals surface area contributed by atoms with E-state index in [0.717, 1.165) is 32.5 Å². The number of aryl methyl sites for hydroxylation is 1. The van der Waals surface area contributed by atoms with Crippen LogP contribution in [0.3, 0.4) is 0 Å².